The van der Waals surface area contributed by atoms with Crippen molar-refractivity contribution in [2.45, 2.75) is 0 Å². The smallest absolute Gasteiger partial charge is 0.319 e. The van der Waals surface area contributed by atoms with Crippen LogP contribution >= 0.6 is 7.82 Å². The lowest BCUT2D eigenvalue weighted by atomic mass is 10.3. The third-order valence-corrected chi connectivity index (χ3v) is 2.91. The average molecular weight is 259 g/mol. The Kier molecular flexibility index (Phi) is 4.71. The summed E-state index contributed by atoms with van der Waals surface area (Å²) in [4.78, 5) is 11.5. The number of nitrogens with zero attached hydrogens (tertiary/aromatic N) is 1. The molecule has 5 nitrogen and oxygen atoms in total. The van der Waals surface area contributed by atoms with Gasteiger partial charge in [0.1, 0.15) is 18.9 Å². The van der Waals surface area contributed by atoms with E-state index < -0.39 is 7.82 Å². The monoisotopic (exact) mass is 259 g/mol. The van der Waals surface area contributed by atoms with Crippen molar-refractivity contribution < 1.29 is 23.0 Å². The molecule has 0 spiro atoms. The third kappa shape index (κ3) is 6.44. The maximum absolute atomic E-state index is 11.5. The van der Waals surface area contributed by atoms with Gasteiger partial charge >= 0.3 is 7.82 Å². The summed E-state index contributed by atoms with van der Waals surface area (Å²) in [6, 6.07) is 8.30. The van der Waals surface area contributed by atoms with Crippen LogP contribution in [-0.2, 0) is 9.09 Å². The number of phosphoric acid groups is 1. The first kappa shape index (κ1) is 14.2. The Morgan fingerprint density at radius 3 is 2.35 bits per heavy atom. The molecule has 1 aromatic carbocycles. The van der Waals surface area contributed by atoms with Crippen LogP contribution in [0.25, 0.3) is 0 Å². The summed E-state index contributed by atoms with van der Waals surface area (Å²) in [5, 5.41) is 0. The van der Waals surface area contributed by atoms with Crippen molar-refractivity contribution in [1.82, 2.24) is 0 Å². The average Bonchev–Trinajstić information content (AvgIpc) is 2.15. The van der Waals surface area contributed by atoms with Crippen LogP contribution in [0.5, 0.6) is 5.75 Å². The summed E-state index contributed by atoms with van der Waals surface area (Å²) in [6.45, 7) is 0.696. The van der Waals surface area contributed by atoms with Gasteiger partial charge in [-0.15, -0.1) is 0 Å². The zero-order chi connectivity index (χ0) is 12.9. The molecule has 6 heteroatoms. The van der Waals surface area contributed by atoms with Gasteiger partial charge in [-0.1, -0.05) is 18.2 Å². The van der Waals surface area contributed by atoms with Gasteiger partial charge in [0, 0.05) is 0 Å². The van der Waals surface area contributed by atoms with Crippen LogP contribution in [0, 0.1) is 0 Å². The molecule has 0 bridgehead atoms. The Balaban J connectivity index is 2.44. The molecule has 0 radical (unpaired) electrons. The normalized spacial score (nSPS) is 15.3. The fourth-order valence-electron chi connectivity index (χ4n) is 1.06. The number of hydrogen-bond acceptors (Lipinski definition) is 4. The predicted octanol–water partition coefficient (Wildman–Crippen LogP) is 1.26. The molecule has 0 aliphatic carbocycles. The minimum absolute atomic E-state index is 0.108. The Hall–Kier alpha value is -0.870. The molecule has 96 valence electrons. The van der Waals surface area contributed by atoms with E-state index in [-0.39, 0.29) is 12.4 Å². The van der Waals surface area contributed by atoms with Crippen LogP contribution < -0.4 is 9.42 Å². The van der Waals surface area contributed by atoms with Crippen LogP contribution in [0.4, 0.5) is 0 Å². The fraction of sp³-hybridized carbons (Fsp3) is 0.455. The summed E-state index contributed by atoms with van der Waals surface area (Å²) in [6.07, 6.45) is 0. The first-order chi connectivity index (χ1) is 7.79. The summed E-state index contributed by atoms with van der Waals surface area (Å²) in [5.41, 5.74) is 0. The van der Waals surface area contributed by atoms with E-state index in [1.54, 1.807) is 30.3 Å². The first-order valence-corrected chi connectivity index (χ1v) is 6.75. The van der Waals surface area contributed by atoms with Gasteiger partial charge < -0.3 is 18.4 Å². The molecule has 0 aromatic heterocycles. The number of hydrogen-bond donors (Lipinski definition) is 0. The molecule has 17 heavy (non-hydrogen) atoms. The Morgan fingerprint density at radius 1 is 1.24 bits per heavy atom. The number of likely N-dealkylation sites (N-methyl/N-ethyl adjacent to an activating group) is 1. The van der Waals surface area contributed by atoms with E-state index in [1.807, 2.05) is 21.1 Å². The third-order valence-electron chi connectivity index (χ3n) is 1.97. The molecule has 1 unspecified atom stereocenters. The molecular weight excluding hydrogens is 241 g/mol. The van der Waals surface area contributed by atoms with E-state index >= 15 is 0 Å². The molecular formula is C11H18NO4P. The second-order valence-electron chi connectivity index (χ2n) is 4.70. The van der Waals surface area contributed by atoms with Crippen LogP contribution in [0.1, 0.15) is 0 Å². The van der Waals surface area contributed by atoms with Crippen molar-refractivity contribution in [2.24, 2.45) is 0 Å². The van der Waals surface area contributed by atoms with Gasteiger partial charge in [-0.05, 0) is 12.1 Å². The van der Waals surface area contributed by atoms with Crippen LogP contribution in [0.15, 0.2) is 30.3 Å². The highest BCUT2D eigenvalue weighted by Crippen LogP contribution is 2.39. The highest BCUT2D eigenvalue weighted by molar-refractivity contribution is 7.46. The fourth-order valence-corrected chi connectivity index (χ4v) is 1.80. The minimum Gasteiger partial charge on any atom is -0.746 e. The lowest BCUT2D eigenvalue weighted by Crippen LogP contribution is -2.37. The quantitative estimate of drug-likeness (QED) is 0.570. The second-order valence-corrected chi connectivity index (χ2v) is 6.03. The van der Waals surface area contributed by atoms with Crippen molar-refractivity contribution in [3.63, 3.8) is 0 Å². The largest absolute Gasteiger partial charge is 0.746 e. The van der Waals surface area contributed by atoms with Gasteiger partial charge in [0.2, 0.25) is 0 Å². The van der Waals surface area contributed by atoms with Crippen molar-refractivity contribution >= 4 is 7.82 Å². The molecule has 0 aliphatic heterocycles. The number of benzene rings is 1. The van der Waals surface area contributed by atoms with Gasteiger partial charge in [0.25, 0.3) is 0 Å². The van der Waals surface area contributed by atoms with Crippen LogP contribution in [0.3, 0.4) is 0 Å². The van der Waals surface area contributed by atoms with Gasteiger partial charge in [-0.3, -0.25) is 4.57 Å². The first-order valence-electron chi connectivity index (χ1n) is 5.29. The van der Waals surface area contributed by atoms with E-state index in [9.17, 15) is 9.46 Å². The second kappa shape index (κ2) is 5.65. The molecule has 0 N–H and O–H groups in total. The predicted molar refractivity (Wildman–Crippen MR) is 63.5 cm³/mol. The Bertz CT molecular complexity index is 388. The molecule has 1 atom stereocenters. The molecule has 0 heterocycles. The summed E-state index contributed by atoms with van der Waals surface area (Å²) in [5.74, 6) is 0.260. The van der Waals surface area contributed by atoms with E-state index in [0.29, 0.717) is 11.0 Å². The molecule has 1 rings (SSSR count). The van der Waals surface area contributed by atoms with Gasteiger partial charge in [0.05, 0.1) is 21.1 Å². The van der Waals surface area contributed by atoms with Crippen LogP contribution in [-0.4, -0.2) is 38.8 Å². The van der Waals surface area contributed by atoms with Gasteiger partial charge in [0.15, 0.2) is 0 Å². The zero-order valence-corrected chi connectivity index (χ0v) is 11.2. The van der Waals surface area contributed by atoms with Crippen molar-refractivity contribution in [3.05, 3.63) is 30.3 Å². The lowest BCUT2D eigenvalue weighted by Gasteiger charge is -2.27. The van der Waals surface area contributed by atoms with E-state index in [4.69, 9.17) is 9.05 Å². The summed E-state index contributed by atoms with van der Waals surface area (Å²) >= 11 is 0. The van der Waals surface area contributed by atoms with Crippen molar-refractivity contribution in [3.8, 4) is 5.75 Å². The highest BCUT2D eigenvalue weighted by Gasteiger charge is 2.14. The number of phosphoric ester groups is 1. The molecule has 0 saturated heterocycles. The topological polar surface area (TPSA) is 58.6 Å². The highest BCUT2D eigenvalue weighted by atomic mass is 31.2. The number of para-hydroxylation sites is 1. The maximum Gasteiger partial charge on any atom is 0.319 e. The van der Waals surface area contributed by atoms with Crippen LogP contribution in [0.2, 0.25) is 0 Å². The standard InChI is InChI=1S/C11H18NO4P/c1-12(2,3)9-10-15-17(13,14)16-11-7-5-4-6-8-11/h4-8H,9-10H2,1-3H3. The van der Waals surface area contributed by atoms with Gasteiger partial charge in [-0.25, -0.2) is 0 Å². The number of quaternary nitrogens is 1. The molecule has 1 aromatic rings. The number of rotatable bonds is 6. The summed E-state index contributed by atoms with van der Waals surface area (Å²) in [7, 11) is 1.61. The van der Waals surface area contributed by atoms with Crippen molar-refractivity contribution in [2.75, 3.05) is 34.3 Å². The minimum atomic E-state index is -4.26. The Morgan fingerprint density at radius 2 is 1.82 bits per heavy atom. The molecule has 0 amide bonds. The van der Waals surface area contributed by atoms with E-state index in [0.717, 1.165) is 0 Å². The van der Waals surface area contributed by atoms with E-state index in [1.165, 1.54) is 0 Å². The van der Waals surface area contributed by atoms with E-state index in [2.05, 4.69) is 0 Å². The molecule has 0 saturated carbocycles. The van der Waals surface area contributed by atoms with Gasteiger partial charge in [-0.2, -0.15) is 0 Å². The zero-order valence-electron chi connectivity index (χ0n) is 10.3. The van der Waals surface area contributed by atoms with Crippen molar-refractivity contribution in [1.29, 1.82) is 0 Å². The summed E-state index contributed by atoms with van der Waals surface area (Å²) < 4.78 is 21.7. The molecule has 0 fully saturated rings. The Labute approximate surface area is 102 Å². The maximum atomic E-state index is 11.5. The molecule has 0 aliphatic rings. The lowest BCUT2D eigenvalue weighted by molar-refractivity contribution is -0.870. The SMILES string of the molecule is C[N+](C)(C)CCOP(=O)([O-])Oc1ccccc1.